The van der Waals surface area contributed by atoms with Gasteiger partial charge in [0.05, 0.1) is 4.92 Å². The highest BCUT2D eigenvalue weighted by Crippen LogP contribution is 2.28. The van der Waals surface area contributed by atoms with Gasteiger partial charge in [-0.3, -0.25) is 10.1 Å². The lowest BCUT2D eigenvalue weighted by atomic mass is 9.83. The number of nitrogens with one attached hydrogen (secondary N) is 1. The molecule has 0 spiro atoms. The van der Waals surface area contributed by atoms with Gasteiger partial charge < -0.3 is 5.32 Å². The molecule has 0 aliphatic heterocycles. The minimum absolute atomic E-state index is 0.216. The summed E-state index contributed by atoms with van der Waals surface area (Å²) in [7, 11) is 0. The smallest absolute Gasteiger partial charge is 0.272 e. The van der Waals surface area contributed by atoms with Crippen LogP contribution in [0.2, 0.25) is 0 Å². The van der Waals surface area contributed by atoms with Crippen LogP contribution in [-0.4, -0.2) is 11.5 Å². The van der Waals surface area contributed by atoms with E-state index in [-0.39, 0.29) is 10.6 Å². The van der Waals surface area contributed by atoms with Crippen molar-refractivity contribution in [2.24, 2.45) is 5.92 Å². The summed E-state index contributed by atoms with van der Waals surface area (Å²) in [5.41, 5.74) is 1.92. The molecule has 0 atom stereocenters. The van der Waals surface area contributed by atoms with Crippen LogP contribution < -0.4 is 5.32 Å². The van der Waals surface area contributed by atoms with Crippen molar-refractivity contribution in [2.45, 2.75) is 39.2 Å². The van der Waals surface area contributed by atoms with Gasteiger partial charge in [0, 0.05) is 18.2 Å². The second-order valence-electron chi connectivity index (χ2n) is 5.14. The van der Waals surface area contributed by atoms with Crippen LogP contribution in [0.15, 0.2) is 18.2 Å². The van der Waals surface area contributed by atoms with E-state index in [2.05, 4.69) is 5.32 Å². The molecule has 0 aromatic heterocycles. The van der Waals surface area contributed by atoms with Crippen molar-refractivity contribution in [3.63, 3.8) is 0 Å². The second-order valence-corrected chi connectivity index (χ2v) is 5.14. The minimum atomic E-state index is -0.312. The Balaban J connectivity index is 1.81. The fraction of sp³-hybridized carbons (Fsp3) is 0.571. The molecule has 1 aliphatic carbocycles. The number of benzene rings is 1. The Labute approximate surface area is 108 Å². The Hall–Kier alpha value is -1.42. The number of nitro benzene ring substituents is 1. The third-order valence-corrected chi connectivity index (χ3v) is 3.75. The van der Waals surface area contributed by atoms with Crippen molar-refractivity contribution in [3.8, 4) is 0 Å². The van der Waals surface area contributed by atoms with Crippen molar-refractivity contribution in [3.05, 3.63) is 39.4 Å². The first-order valence-electron chi connectivity index (χ1n) is 6.61. The van der Waals surface area contributed by atoms with Gasteiger partial charge in [-0.2, -0.15) is 0 Å². The molecule has 18 heavy (non-hydrogen) atoms. The maximum atomic E-state index is 10.8. The Morgan fingerprint density at radius 1 is 1.44 bits per heavy atom. The van der Waals surface area contributed by atoms with Crippen LogP contribution in [0.1, 0.15) is 36.8 Å². The fourth-order valence-electron chi connectivity index (χ4n) is 2.28. The van der Waals surface area contributed by atoms with E-state index in [4.69, 9.17) is 0 Å². The van der Waals surface area contributed by atoms with Crippen LogP contribution >= 0.6 is 0 Å². The average Bonchev–Trinajstić information content (AvgIpc) is 2.28. The third kappa shape index (κ3) is 3.29. The van der Waals surface area contributed by atoms with Gasteiger partial charge in [0.2, 0.25) is 0 Å². The van der Waals surface area contributed by atoms with E-state index in [1.54, 1.807) is 13.0 Å². The monoisotopic (exact) mass is 248 g/mol. The summed E-state index contributed by atoms with van der Waals surface area (Å²) in [4.78, 5) is 10.5. The van der Waals surface area contributed by atoms with E-state index in [1.807, 2.05) is 12.1 Å². The van der Waals surface area contributed by atoms with Gasteiger partial charge in [-0.05, 0) is 31.4 Å². The quantitative estimate of drug-likeness (QED) is 0.478. The van der Waals surface area contributed by atoms with Crippen molar-refractivity contribution < 1.29 is 4.92 Å². The molecule has 0 amide bonds. The molecule has 2 rings (SSSR count). The van der Waals surface area contributed by atoms with Crippen LogP contribution in [0.25, 0.3) is 0 Å². The van der Waals surface area contributed by atoms with Crippen LogP contribution in [0.4, 0.5) is 5.69 Å². The van der Waals surface area contributed by atoms with Crippen molar-refractivity contribution in [1.29, 1.82) is 0 Å². The molecule has 0 unspecified atom stereocenters. The number of nitrogens with zero attached hydrogens (tertiary/aromatic N) is 1. The Bertz CT molecular complexity index is 428. The van der Waals surface area contributed by atoms with Gasteiger partial charge in [0.1, 0.15) is 0 Å². The summed E-state index contributed by atoms with van der Waals surface area (Å²) in [6.07, 6.45) is 5.36. The second kappa shape index (κ2) is 5.96. The van der Waals surface area contributed by atoms with E-state index in [0.29, 0.717) is 6.54 Å². The number of hydrogen-bond acceptors (Lipinski definition) is 3. The zero-order valence-corrected chi connectivity index (χ0v) is 10.8. The lowest BCUT2D eigenvalue weighted by Gasteiger charge is -2.25. The zero-order chi connectivity index (χ0) is 13.0. The minimum Gasteiger partial charge on any atom is -0.313 e. The molecular formula is C14H20N2O2. The molecule has 0 bridgehead atoms. The number of rotatable bonds is 6. The standard InChI is InChI=1S/C14H20N2O2/c1-11-5-6-13(9-14(11)16(17)18)10-15-8-7-12-3-2-4-12/h5-6,9,12,15H,2-4,7-8,10H2,1H3. The Kier molecular flexibility index (Phi) is 4.31. The Morgan fingerprint density at radius 3 is 2.83 bits per heavy atom. The summed E-state index contributed by atoms with van der Waals surface area (Å²) in [5, 5.41) is 14.2. The summed E-state index contributed by atoms with van der Waals surface area (Å²) in [5.74, 6) is 0.907. The maximum absolute atomic E-state index is 10.8. The van der Waals surface area contributed by atoms with E-state index in [9.17, 15) is 10.1 Å². The molecule has 1 aliphatic rings. The third-order valence-electron chi connectivity index (χ3n) is 3.75. The molecular weight excluding hydrogens is 228 g/mol. The molecule has 0 heterocycles. The molecule has 4 heteroatoms. The molecule has 4 nitrogen and oxygen atoms in total. The van der Waals surface area contributed by atoms with Crippen molar-refractivity contribution >= 4 is 5.69 Å². The molecule has 1 saturated carbocycles. The summed E-state index contributed by atoms with van der Waals surface area (Å²) in [6.45, 7) is 3.49. The molecule has 1 aromatic carbocycles. The van der Waals surface area contributed by atoms with Crippen molar-refractivity contribution in [2.75, 3.05) is 6.54 Å². The highest BCUT2D eigenvalue weighted by atomic mass is 16.6. The van der Waals surface area contributed by atoms with Gasteiger partial charge in [0.15, 0.2) is 0 Å². The van der Waals surface area contributed by atoms with Crippen molar-refractivity contribution in [1.82, 2.24) is 5.32 Å². The zero-order valence-electron chi connectivity index (χ0n) is 10.8. The van der Waals surface area contributed by atoms with E-state index in [1.165, 1.54) is 25.7 Å². The maximum Gasteiger partial charge on any atom is 0.272 e. The van der Waals surface area contributed by atoms with Crippen LogP contribution in [0, 0.1) is 23.0 Å². The fourth-order valence-corrected chi connectivity index (χ4v) is 2.28. The van der Waals surface area contributed by atoms with E-state index in [0.717, 1.165) is 23.6 Å². The SMILES string of the molecule is Cc1ccc(CNCCC2CCC2)cc1[N+](=O)[O-]. The summed E-state index contributed by atoms with van der Waals surface area (Å²) >= 11 is 0. The molecule has 0 saturated heterocycles. The first-order valence-corrected chi connectivity index (χ1v) is 6.61. The van der Waals surface area contributed by atoms with Crippen LogP contribution in [0.5, 0.6) is 0 Å². The molecule has 1 aromatic rings. The summed E-state index contributed by atoms with van der Waals surface area (Å²) < 4.78 is 0. The Morgan fingerprint density at radius 2 is 2.22 bits per heavy atom. The van der Waals surface area contributed by atoms with Gasteiger partial charge in [0.25, 0.3) is 5.69 Å². The van der Waals surface area contributed by atoms with Crippen LogP contribution in [0.3, 0.4) is 0 Å². The van der Waals surface area contributed by atoms with Gasteiger partial charge in [-0.25, -0.2) is 0 Å². The van der Waals surface area contributed by atoms with E-state index >= 15 is 0 Å². The average molecular weight is 248 g/mol. The van der Waals surface area contributed by atoms with Gasteiger partial charge >= 0.3 is 0 Å². The summed E-state index contributed by atoms with van der Waals surface area (Å²) in [6, 6.07) is 5.45. The largest absolute Gasteiger partial charge is 0.313 e. The topological polar surface area (TPSA) is 55.2 Å². The van der Waals surface area contributed by atoms with Crippen LogP contribution in [-0.2, 0) is 6.54 Å². The van der Waals surface area contributed by atoms with E-state index < -0.39 is 0 Å². The number of aryl methyl sites for hydroxylation is 1. The lowest BCUT2D eigenvalue weighted by Crippen LogP contribution is -2.21. The molecule has 1 N–H and O–H groups in total. The lowest BCUT2D eigenvalue weighted by molar-refractivity contribution is -0.385. The first kappa shape index (κ1) is 13.0. The number of nitro groups is 1. The molecule has 98 valence electrons. The number of hydrogen-bond donors (Lipinski definition) is 1. The van der Waals surface area contributed by atoms with Gasteiger partial charge in [-0.1, -0.05) is 31.4 Å². The highest BCUT2D eigenvalue weighted by molar-refractivity contribution is 5.42. The predicted octanol–water partition coefficient (Wildman–Crippen LogP) is 3.18. The first-order chi connectivity index (χ1) is 8.66. The normalized spacial score (nSPS) is 15.4. The molecule has 0 radical (unpaired) electrons. The predicted molar refractivity (Wildman–Crippen MR) is 71.5 cm³/mol. The highest BCUT2D eigenvalue weighted by Gasteiger charge is 2.16. The molecule has 1 fully saturated rings. The van der Waals surface area contributed by atoms with Gasteiger partial charge in [-0.15, -0.1) is 0 Å².